The molecule has 0 saturated carbocycles. The molecule has 0 radical (unpaired) electrons. The van der Waals surface area contributed by atoms with Crippen molar-refractivity contribution in [3.63, 3.8) is 0 Å². The van der Waals surface area contributed by atoms with Gasteiger partial charge in [0.15, 0.2) is 0 Å². The second kappa shape index (κ2) is 7.48. The highest BCUT2D eigenvalue weighted by atomic mass is 16.6. The Labute approximate surface area is 154 Å². The van der Waals surface area contributed by atoms with Gasteiger partial charge in [0.1, 0.15) is 5.60 Å². The summed E-state index contributed by atoms with van der Waals surface area (Å²) in [7, 11) is 1.62. The van der Waals surface area contributed by atoms with Gasteiger partial charge < -0.3 is 14.4 Å². The number of hydrogen-bond donors (Lipinski definition) is 0. The number of pyridine rings is 2. The molecule has 6 heteroatoms. The van der Waals surface area contributed by atoms with Crippen LogP contribution in [0.25, 0.3) is 11.0 Å². The number of amides is 1. The van der Waals surface area contributed by atoms with Crippen LogP contribution >= 0.6 is 0 Å². The molecule has 1 saturated heterocycles. The number of rotatable bonds is 4. The molecule has 0 aromatic carbocycles. The fourth-order valence-electron chi connectivity index (χ4n) is 3.30. The fraction of sp³-hybridized carbons (Fsp3) is 0.550. The summed E-state index contributed by atoms with van der Waals surface area (Å²) in [6, 6.07) is 5.79. The minimum absolute atomic E-state index is 0.208. The van der Waals surface area contributed by atoms with Crippen LogP contribution in [0, 0.1) is 5.92 Å². The molecule has 3 heterocycles. The molecule has 0 spiro atoms. The molecule has 1 unspecified atom stereocenters. The maximum absolute atomic E-state index is 12.2. The molecule has 2 aromatic rings. The maximum Gasteiger partial charge on any atom is 0.410 e. The highest BCUT2D eigenvalue weighted by molar-refractivity contribution is 5.78. The first-order chi connectivity index (χ1) is 12.4. The normalized spacial score (nSPS) is 17.5. The Morgan fingerprint density at radius 2 is 2.12 bits per heavy atom. The van der Waals surface area contributed by atoms with E-state index >= 15 is 0 Å². The van der Waals surface area contributed by atoms with E-state index in [-0.39, 0.29) is 6.09 Å². The fourth-order valence-corrected chi connectivity index (χ4v) is 3.30. The summed E-state index contributed by atoms with van der Waals surface area (Å²) in [5.41, 5.74) is 2.50. The predicted molar refractivity (Wildman–Crippen MR) is 100 cm³/mol. The molecular weight excluding hydrogens is 330 g/mol. The van der Waals surface area contributed by atoms with E-state index in [2.05, 4.69) is 9.97 Å². The van der Waals surface area contributed by atoms with E-state index in [1.807, 2.05) is 50.1 Å². The Morgan fingerprint density at radius 3 is 2.85 bits per heavy atom. The molecule has 140 valence electrons. The van der Waals surface area contributed by atoms with Gasteiger partial charge in [0.05, 0.1) is 18.1 Å². The Balaban J connectivity index is 1.62. The molecular formula is C20H27N3O3. The van der Waals surface area contributed by atoms with Gasteiger partial charge in [-0.2, -0.15) is 0 Å². The maximum atomic E-state index is 12.2. The lowest BCUT2D eigenvalue weighted by atomic mass is 9.98. The van der Waals surface area contributed by atoms with Crippen molar-refractivity contribution in [3.8, 4) is 5.88 Å². The first kappa shape index (κ1) is 18.4. The van der Waals surface area contributed by atoms with E-state index in [4.69, 9.17) is 9.47 Å². The number of likely N-dealkylation sites (tertiary alicyclic amines) is 1. The number of carbonyl (C=O) groups excluding carboxylic acids is 1. The van der Waals surface area contributed by atoms with Crippen LogP contribution in [0.15, 0.2) is 24.4 Å². The first-order valence-electron chi connectivity index (χ1n) is 9.12. The van der Waals surface area contributed by atoms with Crippen LogP contribution in [0.4, 0.5) is 4.79 Å². The van der Waals surface area contributed by atoms with E-state index in [0.717, 1.165) is 43.4 Å². The first-order valence-corrected chi connectivity index (χ1v) is 9.12. The van der Waals surface area contributed by atoms with Crippen LogP contribution in [0.1, 0.15) is 39.2 Å². The van der Waals surface area contributed by atoms with E-state index in [1.165, 1.54) is 5.56 Å². The molecule has 1 aliphatic rings. The molecule has 1 aliphatic heterocycles. The molecule has 1 fully saturated rings. The Kier molecular flexibility index (Phi) is 5.30. The molecule has 0 N–H and O–H groups in total. The molecule has 3 rings (SSSR count). The minimum atomic E-state index is -0.449. The minimum Gasteiger partial charge on any atom is -0.481 e. The van der Waals surface area contributed by atoms with Crippen LogP contribution < -0.4 is 4.74 Å². The van der Waals surface area contributed by atoms with Gasteiger partial charge in [0.2, 0.25) is 5.88 Å². The summed E-state index contributed by atoms with van der Waals surface area (Å²) in [6.45, 7) is 7.22. The van der Waals surface area contributed by atoms with E-state index in [9.17, 15) is 4.79 Å². The van der Waals surface area contributed by atoms with Crippen molar-refractivity contribution in [2.75, 3.05) is 20.2 Å². The number of fused-ring (bicyclic) bond motifs is 1. The largest absolute Gasteiger partial charge is 0.481 e. The SMILES string of the molecule is COc1ccc2nccc(CCC3CCN(C(=O)OC(C)(C)C)C3)c2n1. The van der Waals surface area contributed by atoms with Gasteiger partial charge in [0.25, 0.3) is 0 Å². The number of nitrogens with zero attached hydrogens (tertiary/aromatic N) is 3. The highest BCUT2D eigenvalue weighted by Gasteiger charge is 2.29. The average molecular weight is 357 g/mol. The van der Waals surface area contributed by atoms with Crippen LogP contribution in [0.5, 0.6) is 5.88 Å². The number of aryl methyl sites for hydroxylation is 1. The van der Waals surface area contributed by atoms with Crippen molar-refractivity contribution in [2.45, 2.75) is 45.6 Å². The quantitative estimate of drug-likeness (QED) is 0.832. The number of carbonyl (C=O) groups is 1. The van der Waals surface area contributed by atoms with Crippen LogP contribution in [0.2, 0.25) is 0 Å². The molecule has 0 aliphatic carbocycles. The van der Waals surface area contributed by atoms with Crippen molar-refractivity contribution >= 4 is 17.1 Å². The summed E-state index contributed by atoms with van der Waals surface area (Å²) in [5, 5.41) is 0. The van der Waals surface area contributed by atoms with Crippen molar-refractivity contribution in [2.24, 2.45) is 5.92 Å². The van der Waals surface area contributed by atoms with Gasteiger partial charge in [-0.1, -0.05) is 0 Å². The van der Waals surface area contributed by atoms with Gasteiger partial charge in [-0.25, -0.2) is 9.78 Å². The Bertz CT molecular complexity index is 785. The monoisotopic (exact) mass is 357 g/mol. The molecule has 26 heavy (non-hydrogen) atoms. The number of aromatic nitrogens is 2. The lowest BCUT2D eigenvalue weighted by molar-refractivity contribution is 0.0287. The summed E-state index contributed by atoms with van der Waals surface area (Å²) < 4.78 is 10.7. The summed E-state index contributed by atoms with van der Waals surface area (Å²) in [5.74, 6) is 1.08. The lowest BCUT2D eigenvalue weighted by Crippen LogP contribution is -2.35. The Morgan fingerprint density at radius 1 is 1.31 bits per heavy atom. The highest BCUT2D eigenvalue weighted by Crippen LogP contribution is 2.25. The summed E-state index contributed by atoms with van der Waals surface area (Å²) in [6.07, 6.45) is 4.55. The van der Waals surface area contributed by atoms with E-state index < -0.39 is 5.60 Å². The van der Waals surface area contributed by atoms with Crippen molar-refractivity contribution in [3.05, 3.63) is 30.0 Å². The van der Waals surface area contributed by atoms with Crippen LogP contribution in [0.3, 0.4) is 0 Å². The molecule has 0 bridgehead atoms. The molecule has 6 nitrogen and oxygen atoms in total. The summed E-state index contributed by atoms with van der Waals surface area (Å²) in [4.78, 5) is 23.0. The van der Waals surface area contributed by atoms with E-state index in [1.54, 1.807) is 7.11 Å². The second-order valence-electron chi connectivity index (χ2n) is 7.81. The zero-order chi connectivity index (χ0) is 18.7. The van der Waals surface area contributed by atoms with Crippen molar-refractivity contribution < 1.29 is 14.3 Å². The van der Waals surface area contributed by atoms with Crippen molar-refractivity contribution in [1.29, 1.82) is 0 Å². The van der Waals surface area contributed by atoms with Gasteiger partial charge >= 0.3 is 6.09 Å². The van der Waals surface area contributed by atoms with Gasteiger partial charge in [-0.3, -0.25) is 4.98 Å². The molecule has 2 aromatic heterocycles. The topological polar surface area (TPSA) is 64.5 Å². The average Bonchev–Trinajstić information content (AvgIpc) is 3.07. The number of methoxy groups -OCH3 is 1. The zero-order valence-corrected chi connectivity index (χ0v) is 16.0. The second-order valence-corrected chi connectivity index (χ2v) is 7.81. The molecule has 1 atom stereocenters. The van der Waals surface area contributed by atoms with Gasteiger partial charge in [0, 0.05) is 25.4 Å². The van der Waals surface area contributed by atoms with Crippen LogP contribution in [-0.2, 0) is 11.2 Å². The molecule has 1 amide bonds. The standard InChI is InChI=1S/C20H27N3O3/c1-20(2,3)26-19(24)23-12-10-14(13-23)5-6-15-9-11-21-16-7-8-17(25-4)22-18(15)16/h7-9,11,14H,5-6,10,12-13H2,1-4H3. The lowest BCUT2D eigenvalue weighted by Gasteiger charge is -2.24. The number of hydrogen-bond acceptors (Lipinski definition) is 5. The zero-order valence-electron chi connectivity index (χ0n) is 16.0. The smallest absolute Gasteiger partial charge is 0.410 e. The third kappa shape index (κ3) is 4.42. The van der Waals surface area contributed by atoms with Crippen molar-refractivity contribution in [1.82, 2.24) is 14.9 Å². The van der Waals surface area contributed by atoms with Crippen LogP contribution in [-0.4, -0.2) is 46.8 Å². The third-order valence-corrected chi connectivity index (χ3v) is 4.61. The third-order valence-electron chi connectivity index (χ3n) is 4.61. The summed E-state index contributed by atoms with van der Waals surface area (Å²) >= 11 is 0. The van der Waals surface area contributed by atoms with Gasteiger partial charge in [-0.15, -0.1) is 0 Å². The number of ether oxygens (including phenoxy) is 2. The van der Waals surface area contributed by atoms with Gasteiger partial charge in [-0.05, 0) is 63.6 Å². The Hall–Kier alpha value is -2.37. The van der Waals surface area contributed by atoms with E-state index in [0.29, 0.717) is 11.8 Å². The predicted octanol–water partition coefficient (Wildman–Crippen LogP) is 3.83.